The number of halogens is 1. The van der Waals surface area contributed by atoms with E-state index in [2.05, 4.69) is 22.4 Å². The molecule has 0 saturated heterocycles. The van der Waals surface area contributed by atoms with Crippen molar-refractivity contribution in [3.05, 3.63) is 71.3 Å². The zero-order valence-electron chi connectivity index (χ0n) is 14.2. The lowest BCUT2D eigenvalue weighted by Crippen LogP contribution is -2.32. The van der Waals surface area contributed by atoms with E-state index in [0.29, 0.717) is 28.6 Å². The molecule has 0 aliphatic carbocycles. The van der Waals surface area contributed by atoms with Gasteiger partial charge in [-0.05, 0) is 54.4 Å². The minimum absolute atomic E-state index is 0.421. The SMILES string of the molecule is C=CCOc1ccc(/C=N/NC(=O)C(=O)Nc2cccc(Cl)c2C)cc1. The summed E-state index contributed by atoms with van der Waals surface area (Å²) in [6.07, 6.45) is 3.08. The molecule has 134 valence electrons. The molecule has 0 bridgehead atoms. The minimum Gasteiger partial charge on any atom is -0.490 e. The van der Waals surface area contributed by atoms with E-state index in [9.17, 15) is 9.59 Å². The molecule has 0 spiro atoms. The number of carbonyl (C=O) groups excluding carboxylic acids is 2. The topological polar surface area (TPSA) is 79.8 Å². The molecule has 2 aromatic rings. The Kier molecular flexibility index (Phi) is 6.93. The fourth-order valence-electron chi connectivity index (χ4n) is 1.94. The number of rotatable bonds is 6. The van der Waals surface area contributed by atoms with Crippen molar-refractivity contribution >= 4 is 35.3 Å². The number of carbonyl (C=O) groups is 2. The smallest absolute Gasteiger partial charge is 0.329 e. The first-order valence-corrected chi connectivity index (χ1v) is 8.12. The maximum atomic E-state index is 11.9. The molecule has 2 rings (SSSR count). The van der Waals surface area contributed by atoms with Crippen molar-refractivity contribution in [3.8, 4) is 5.75 Å². The summed E-state index contributed by atoms with van der Waals surface area (Å²) in [6.45, 7) is 5.74. The summed E-state index contributed by atoms with van der Waals surface area (Å²) in [4.78, 5) is 23.7. The number of benzene rings is 2. The van der Waals surface area contributed by atoms with Crippen LogP contribution in [-0.4, -0.2) is 24.6 Å². The zero-order chi connectivity index (χ0) is 18.9. The summed E-state index contributed by atoms with van der Waals surface area (Å²) < 4.78 is 5.36. The molecule has 0 aromatic heterocycles. The highest BCUT2D eigenvalue weighted by Crippen LogP contribution is 2.22. The zero-order valence-corrected chi connectivity index (χ0v) is 14.9. The average Bonchev–Trinajstić information content (AvgIpc) is 2.64. The number of hydrogen-bond acceptors (Lipinski definition) is 4. The predicted octanol–water partition coefficient (Wildman–Crippen LogP) is 3.30. The molecule has 0 unspecified atom stereocenters. The van der Waals surface area contributed by atoms with Crippen LogP contribution in [0.2, 0.25) is 5.02 Å². The van der Waals surface area contributed by atoms with Crippen LogP contribution in [0.3, 0.4) is 0 Å². The molecule has 0 saturated carbocycles. The fourth-order valence-corrected chi connectivity index (χ4v) is 2.12. The third kappa shape index (κ3) is 5.46. The first kappa shape index (κ1) is 19.2. The first-order valence-electron chi connectivity index (χ1n) is 7.74. The molecule has 26 heavy (non-hydrogen) atoms. The van der Waals surface area contributed by atoms with Crippen LogP contribution >= 0.6 is 11.6 Å². The lowest BCUT2D eigenvalue weighted by molar-refractivity contribution is -0.136. The van der Waals surface area contributed by atoms with Gasteiger partial charge in [0, 0.05) is 10.7 Å². The molecule has 0 heterocycles. The van der Waals surface area contributed by atoms with Gasteiger partial charge in [0.25, 0.3) is 0 Å². The average molecular weight is 372 g/mol. The number of nitrogens with zero attached hydrogens (tertiary/aromatic N) is 1. The Morgan fingerprint density at radius 2 is 1.92 bits per heavy atom. The third-order valence-corrected chi connectivity index (χ3v) is 3.76. The first-order chi connectivity index (χ1) is 12.5. The molecule has 2 aromatic carbocycles. The summed E-state index contributed by atoms with van der Waals surface area (Å²) in [7, 11) is 0. The molecular weight excluding hydrogens is 354 g/mol. The van der Waals surface area contributed by atoms with E-state index in [4.69, 9.17) is 16.3 Å². The molecule has 2 amide bonds. The van der Waals surface area contributed by atoms with Crippen LogP contribution in [0.25, 0.3) is 0 Å². The lowest BCUT2D eigenvalue weighted by atomic mass is 10.2. The van der Waals surface area contributed by atoms with Gasteiger partial charge in [-0.3, -0.25) is 9.59 Å². The van der Waals surface area contributed by atoms with Gasteiger partial charge in [0.15, 0.2) is 0 Å². The molecule has 0 atom stereocenters. The van der Waals surface area contributed by atoms with Crippen LogP contribution in [0.1, 0.15) is 11.1 Å². The number of ether oxygens (including phenoxy) is 1. The van der Waals surface area contributed by atoms with E-state index in [-0.39, 0.29) is 0 Å². The van der Waals surface area contributed by atoms with Crippen LogP contribution < -0.4 is 15.5 Å². The minimum atomic E-state index is -0.883. The number of anilines is 1. The highest BCUT2D eigenvalue weighted by atomic mass is 35.5. The van der Waals surface area contributed by atoms with Crippen molar-refractivity contribution in [2.45, 2.75) is 6.92 Å². The standard InChI is InChI=1S/C19H18ClN3O3/c1-3-11-26-15-9-7-14(8-10-15)12-21-23-19(25)18(24)22-17-6-4-5-16(20)13(17)2/h3-10,12H,1,11H2,2H3,(H,22,24)(H,23,25)/b21-12+. The van der Waals surface area contributed by atoms with E-state index in [1.807, 2.05) is 0 Å². The van der Waals surface area contributed by atoms with E-state index in [1.165, 1.54) is 6.21 Å². The van der Waals surface area contributed by atoms with Crippen molar-refractivity contribution in [3.63, 3.8) is 0 Å². The third-order valence-electron chi connectivity index (χ3n) is 3.35. The fraction of sp³-hybridized carbons (Fsp3) is 0.105. The predicted molar refractivity (Wildman–Crippen MR) is 103 cm³/mol. The summed E-state index contributed by atoms with van der Waals surface area (Å²) in [5.41, 5.74) is 4.06. The number of nitrogens with one attached hydrogen (secondary N) is 2. The molecule has 0 fully saturated rings. The van der Waals surface area contributed by atoms with Crippen molar-refractivity contribution in [2.24, 2.45) is 5.10 Å². The van der Waals surface area contributed by atoms with Gasteiger partial charge in [-0.2, -0.15) is 5.10 Å². The largest absolute Gasteiger partial charge is 0.490 e. The summed E-state index contributed by atoms with van der Waals surface area (Å²) in [5, 5.41) is 6.76. The Morgan fingerprint density at radius 3 is 2.62 bits per heavy atom. The van der Waals surface area contributed by atoms with Gasteiger partial charge >= 0.3 is 11.8 Å². The second-order valence-electron chi connectivity index (χ2n) is 5.23. The molecule has 0 radical (unpaired) electrons. The molecular formula is C19H18ClN3O3. The van der Waals surface area contributed by atoms with E-state index in [1.54, 1.807) is 55.5 Å². The Balaban J connectivity index is 1.89. The van der Waals surface area contributed by atoms with Crippen LogP contribution in [0.15, 0.2) is 60.2 Å². The molecule has 6 nitrogen and oxygen atoms in total. The highest BCUT2D eigenvalue weighted by Gasteiger charge is 2.14. The van der Waals surface area contributed by atoms with Crippen molar-refractivity contribution in [2.75, 3.05) is 11.9 Å². The second-order valence-corrected chi connectivity index (χ2v) is 5.64. The number of amides is 2. The van der Waals surface area contributed by atoms with Gasteiger partial charge in [-0.1, -0.05) is 30.3 Å². The van der Waals surface area contributed by atoms with Gasteiger partial charge in [-0.25, -0.2) is 5.43 Å². The van der Waals surface area contributed by atoms with Crippen molar-refractivity contribution in [1.82, 2.24) is 5.43 Å². The Bertz CT molecular complexity index is 832. The Labute approximate surface area is 156 Å². The Hall–Kier alpha value is -3.12. The normalized spacial score (nSPS) is 10.4. The number of hydrogen-bond donors (Lipinski definition) is 2. The molecule has 7 heteroatoms. The van der Waals surface area contributed by atoms with Gasteiger partial charge in [0.05, 0.1) is 6.21 Å². The Morgan fingerprint density at radius 1 is 1.19 bits per heavy atom. The van der Waals surface area contributed by atoms with Gasteiger partial charge in [0.1, 0.15) is 12.4 Å². The van der Waals surface area contributed by atoms with Crippen LogP contribution in [0, 0.1) is 6.92 Å². The summed E-state index contributed by atoms with van der Waals surface area (Å²) in [5.74, 6) is -1.02. The maximum Gasteiger partial charge on any atom is 0.329 e. The quantitative estimate of drug-likeness (QED) is 0.354. The highest BCUT2D eigenvalue weighted by molar-refractivity contribution is 6.40. The van der Waals surface area contributed by atoms with Gasteiger partial charge < -0.3 is 10.1 Å². The van der Waals surface area contributed by atoms with Gasteiger partial charge in [-0.15, -0.1) is 0 Å². The van der Waals surface area contributed by atoms with Crippen LogP contribution in [-0.2, 0) is 9.59 Å². The molecule has 0 aliphatic heterocycles. The lowest BCUT2D eigenvalue weighted by Gasteiger charge is -2.08. The van der Waals surface area contributed by atoms with Crippen molar-refractivity contribution < 1.29 is 14.3 Å². The molecule has 2 N–H and O–H groups in total. The van der Waals surface area contributed by atoms with Crippen molar-refractivity contribution in [1.29, 1.82) is 0 Å². The number of hydrazone groups is 1. The van der Waals surface area contributed by atoms with Crippen LogP contribution in [0.4, 0.5) is 5.69 Å². The molecule has 0 aliphatic rings. The monoisotopic (exact) mass is 371 g/mol. The van der Waals surface area contributed by atoms with E-state index >= 15 is 0 Å². The second kappa shape index (κ2) is 9.39. The van der Waals surface area contributed by atoms with E-state index in [0.717, 1.165) is 5.56 Å². The van der Waals surface area contributed by atoms with Crippen LogP contribution in [0.5, 0.6) is 5.75 Å². The summed E-state index contributed by atoms with van der Waals surface area (Å²) in [6, 6.07) is 12.1. The maximum absolute atomic E-state index is 11.9. The van der Waals surface area contributed by atoms with E-state index < -0.39 is 11.8 Å². The summed E-state index contributed by atoms with van der Waals surface area (Å²) >= 11 is 5.98. The van der Waals surface area contributed by atoms with Gasteiger partial charge in [0.2, 0.25) is 0 Å².